The Hall–Kier alpha value is -2.12. The number of hydrogen-bond acceptors (Lipinski definition) is 5. The van der Waals surface area contributed by atoms with Crippen LogP contribution in [0.5, 0.6) is 0 Å². The highest BCUT2D eigenvalue weighted by molar-refractivity contribution is 7.99. The van der Waals surface area contributed by atoms with Crippen LogP contribution in [-0.2, 0) is 6.54 Å². The fraction of sp³-hybridized carbons (Fsp3) is 0.389. The molecular weight excluding hydrogens is 334 g/mol. The molecule has 1 aromatic heterocycles. The maximum absolute atomic E-state index is 12.3. The van der Waals surface area contributed by atoms with Crippen molar-refractivity contribution in [1.29, 1.82) is 0 Å². The lowest BCUT2D eigenvalue weighted by molar-refractivity contribution is 0.0766. The van der Waals surface area contributed by atoms with E-state index in [0.29, 0.717) is 12.2 Å². The van der Waals surface area contributed by atoms with Crippen LogP contribution in [0.15, 0.2) is 42.6 Å². The summed E-state index contributed by atoms with van der Waals surface area (Å²) in [7, 11) is 0. The molecule has 1 aromatic carbocycles. The van der Waals surface area contributed by atoms with E-state index < -0.39 is 0 Å². The molecule has 25 heavy (non-hydrogen) atoms. The summed E-state index contributed by atoms with van der Waals surface area (Å²) in [5, 5.41) is 11.4. The van der Waals surface area contributed by atoms with Crippen molar-refractivity contribution in [2.75, 3.05) is 37.7 Å². The lowest BCUT2D eigenvalue weighted by Crippen LogP contribution is -2.38. The molecule has 0 atom stereocenters. The first kappa shape index (κ1) is 17.7. The minimum atomic E-state index is -0.00898. The van der Waals surface area contributed by atoms with E-state index in [1.807, 2.05) is 34.9 Å². The molecule has 7 heteroatoms. The molecule has 0 saturated carbocycles. The van der Waals surface area contributed by atoms with Crippen molar-refractivity contribution >= 4 is 23.7 Å². The Morgan fingerprint density at radius 1 is 1.24 bits per heavy atom. The maximum Gasteiger partial charge on any atom is 0.276 e. The van der Waals surface area contributed by atoms with Gasteiger partial charge in [-0.1, -0.05) is 47.7 Å². The first-order chi connectivity index (χ1) is 12.3. The van der Waals surface area contributed by atoms with Gasteiger partial charge in [0.25, 0.3) is 5.91 Å². The average Bonchev–Trinajstić information content (AvgIpc) is 3.14. The van der Waals surface area contributed by atoms with Crippen molar-refractivity contribution in [2.45, 2.75) is 6.54 Å². The molecule has 6 nitrogen and oxygen atoms in total. The van der Waals surface area contributed by atoms with Gasteiger partial charge in [-0.05, 0) is 5.56 Å². The van der Waals surface area contributed by atoms with Gasteiger partial charge in [-0.25, -0.2) is 0 Å². The van der Waals surface area contributed by atoms with E-state index in [1.165, 1.54) is 5.56 Å². The Bertz CT molecular complexity index is 695. The molecule has 1 saturated heterocycles. The molecule has 0 spiro atoms. The molecular formula is C18H23N5OS. The topological polar surface area (TPSA) is 63.1 Å². The molecule has 1 N–H and O–H groups in total. The van der Waals surface area contributed by atoms with Gasteiger partial charge in [0.2, 0.25) is 0 Å². The molecule has 0 aliphatic carbocycles. The summed E-state index contributed by atoms with van der Waals surface area (Å²) in [6, 6.07) is 10.2. The van der Waals surface area contributed by atoms with Gasteiger partial charge in [0.1, 0.15) is 0 Å². The summed E-state index contributed by atoms with van der Waals surface area (Å²) in [5.41, 5.74) is 1.63. The molecule has 1 aliphatic heterocycles. The zero-order valence-electron chi connectivity index (χ0n) is 14.2. The largest absolute Gasteiger partial charge is 0.336 e. The summed E-state index contributed by atoms with van der Waals surface area (Å²) in [6.45, 7) is 3.85. The van der Waals surface area contributed by atoms with Crippen molar-refractivity contribution < 1.29 is 4.79 Å². The van der Waals surface area contributed by atoms with E-state index in [-0.39, 0.29) is 5.91 Å². The third-order valence-corrected chi connectivity index (χ3v) is 4.89. The third kappa shape index (κ3) is 5.44. The highest BCUT2D eigenvalue weighted by Crippen LogP contribution is 2.11. The van der Waals surface area contributed by atoms with Gasteiger partial charge in [-0.3, -0.25) is 9.48 Å². The molecule has 0 unspecified atom stereocenters. The molecule has 0 bridgehead atoms. The van der Waals surface area contributed by atoms with Crippen molar-refractivity contribution in [2.24, 2.45) is 0 Å². The average molecular weight is 357 g/mol. The fourth-order valence-electron chi connectivity index (χ4n) is 2.57. The summed E-state index contributed by atoms with van der Waals surface area (Å²) in [5.74, 6) is 1.99. The number of nitrogens with one attached hydrogen (secondary N) is 1. The minimum Gasteiger partial charge on any atom is -0.336 e. The maximum atomic E-state index is 12.3. The molecule has 1 amide bonds. The lowest BCUT2D eigenvalue weighted by Gasteiger charge is -2.25. The number of thioether (sulfide) groups is 1. The zero-order valence-corrected chi connectivity index (χ0v) is 15.0. The van der Waals surface area contributed by atoms with Crippen LogP contribution in [0.2, 0.25) is 0 Å². The number of rotatable bonds is 7. The Kier molecular flexibility index (Phi) is 6.64. The third-order valence-electron chi connectivity index (χ3n) is 3.95. The lowest BCUT2D eigenvalue weighted by atomic mass is 10.2. The quantitative estimate of drug-likeness (QED) is 0.765. The first-order valence-electron chi connectivity index (χ1n) is 8.52. The Balaban J connectivity index is 1.38. The Labute approximate surface area is 152 Å². The highest BCUT2D eigenvalue weighted by atomic mass is 32.2. The van der Waals surface area contributed by atoms with Crippen LogP contribution in [0.4, 0.5) is 0 Å². The second-order valence-electron chi connectivity index (χ2n) is 5.79. The standard InChI is InChI=1S/C18H23N5OS/c24-18(22-11-13-25-14-12-22)17-15-23(21-20-17)10-9-19-8-4-7-16-5-2-1-3-6-16/h1-7,15,19H,8-14H2/b7-4+. The normalized spacial score (nSPS) is 15.0. The van der Waals surface area contributed by atoms with Crippen LogP contribution >= 0.6 is 11.8 Å². The van der Waals surface area contributed by atoms with E-state index in [9.17, 15) is 4.79 Å². The van der Waals surface area contributed by atoms with Gasteiger partial charge in [0.15, 0.2) is 5.69 Å². The van der Waals surface area contributed by atoms with Crippen LogP contribution in [0.1, 0.15) is 16.1 Å². The summed E-state index contributed by atoms with van der Waals surface area (Å²) in [4.78, 5) is 14.2. The fourth-order valence-corrected chi connectivity index (χ4v) is 3.48. The van der Waals surface area contributed by atoms with E-state index in [0.717, 1.165) is 37.7 Å². The van der Waals surface area contributed by atoms with Crippen LogP contribution in [-0.4, -0.2) is 63.5 Å². The predicted octanol–water partition coefficient (Wildman–Crippen LogP) is 1.77. The second kappa shape index (κ2) is 9.39. The van der Waals surface area contributed by atoms with Gasteiger partial charge < -0.3 is 10.2 Å². The molecule has 2 aromatic rings. The van der Waals surface area contributed by atoms with Crippen LogP contribution in [0, 0.1) is 0 Å². The van der Waals surface area contributed by atoms with Gasteiger partial charge in [-0.2, -0.15) is 11.8 Å². The minimum absolute atomic E-state index is 0.00898. The number of nitrogens with zero attached hydrogens (tertiary/aromatic N) is 4. The van der Waals surface area contributed by atoms with Gasteiger partial charge in [0, 0.05) is 37.7 Å². The van der Waals surface area contributed by atoms with E-state index >= 15 is 0 Å². The van der Waals surface area contributed by atoms with Gasteiger partial charge in [0.05, 0.1) is 12.7 Å². The van der Waals surface area contributed by atoms with Crippen LogP contribution in [0.3, 0.4) is 0 Å². The van der Waals surface area contributed by atoms with Crippen LogP contribution < -0.4 is 5.32 Å². The number of hydrogen-bond donors (Lipinski definition) is 1. The SMILES string of the molecule is O=C(c1cn(CCNC/C=C/c2ccccc2)nn1)N1CCSCC1. The summed E-state index contributed by atoms with van der Waals surface area (Å²) >= 11 is 1.88. The molecule has 1 fully saturated rings. The smallest absolute Gasteiger partial charge is 0.276 e. The van der Waals surface area contributed by atoms with E-state index in [2.05, 4.69) is 39.9 Å². The second-order valence-corrected chi connectivity index (χ2v) is 7.01. The molecule has 0 radical (unpaired) electrons. The number of aromatic nitrogens is 3. The number of carbonyl (C=O) groups excluding carboxylic acids is 1. The van der Waals surface area contributed by atoms with Gasteiger partial charge in [-0.15, -0.1) is 5.10 Å². The van der Waals surface area contributed by atoms with Crippen molar-refractivity contribution in [3.8, 4) is 0 Å². The molecule has 3 rings (SSSR count). The summed E-state index contributed by atoms with van der Waals surface area (Å²) < 4.78 is 1.72. The molecule has 2 heterocycles. The van der Waals surface area contributed by atoms with Crippen molar-refractivity contribution in [1.82, 2.24) is 25.2 Å². The zero-order chi connectivity index (χ0) is 17.3. The van der Waals surface area contributed by atoms with Gasteiger partial charge >= 0.3 is 0 Å². The van der Waals surface area contributed by atoms with Crippen molar-refractivity contribution in [3.63, 3.8) is 0 Å². The molecule has 132 valence electrons. The Morgan fingerprint density at radius 2 is 2.04 bits per heavy atom. The number of benzene rings is 1. The van der Waals surface area contributed by atoms with Crippen LogP contribution in [0.25, 0.3) is 6.08 Å². The predicted molar refractivity (Wildman–Crippen MR) is 102 cm³/mol. The number of amides is 1. The monoisotopic (exact) mass is 357 g/mol. The van der Waals surface area contributed by atoms with Crippen molar-refractivity contribution in [3.05, 3.63) is 53.9 Å². The van der Waals surface area contributed by atoms with E-state index in [1.54, 1.807) is 10.9 Å². The van der Waals surface area contributed by atoms with E-state index in [4.69, 9.17) is 0 Å². The first-order valence-corrected chi connectivity index (χ1v) is 9.68. The summed E-state index contributed by atoms with van der Waals surface area (Å²) in [6.07, 6.45) is 5.93. The Morgan fingerprint density at radius 3 is 2.84 bits per heavy atom. The molecule has 1 aliphatic rings. The number of carbonyl (C=O) groups is 1. The highest BCUT2D eigenvalue weighted by Gasteiger charge is 2.20.